The van der Waals surface area contributed by atoms with Gasteiger partial charge in [-0.05, 0) is 7.05 Å². The first kappa shape index (κ1) is 7.28. The second-order valence-electron chi connectivity index (χ2n) is 1.09. The third kappa shape index (κ3) is 4.13. The van der Waals surface area contributed by atoms with Gasteiger partial charge in [-0.2, -0.15) is 0 Å². The molecule has 42 valence electrons. The molecule has 0 aromatic heterocycles. The third-order valence-electron chi connectivity index (χ3n) is 0.464. The average molecular weight is 140 g/mol. The van der Waals surface area contributed by atoms with E-state index in [1.54, 1.807) is 0 Å². The second kappa shape index (κ2) is 4.44. The molecular formula is C4H7Cl2N. The van der Waals surface area contributed by atoms with E-state index >= 15 is 0 Å². The molecule has 0 atom stereocenters. The van der Waals surface area contributed by atoms with Gasteiger partial charge in [0.15, 0.2) is 0 Å². The quantitative estimate of drug-likeness (QED) is 0.613. The Balaban J connectivity index is 3.17. The van der Waals surface area contributed by atoms with Crippen molar-refractivity contribution in [2.24, 2.45) is 0 Å². The predicted molar refractivity (Wildman–Crippen MR) is 33.7 cm³/mol. The highest BCUT2D eigenvalue weighted by molar-refractivity contribution is 6.36. The largest absolute Gasteiger partial charge is 0.315 e. The molecule has 1 N–H and O–H groups in total. The summed E-state index contributed by atoms with van der Waals surface area (Å²) in [5, 5.41) is 3.46. The van der Waals surface area contributed by atoms with E-state index in [0.29, 0.717) is 11.6 Å². The maximum Gasteiger partial charge on any atom is 0.0431 e. The minimum atomic E-state index is 0.629. The Morgan fingerprint density at radius 1 is 1.86 bits per heavy atom. The minimum absolute atomic E-state index is 0.629. The predicted octanol–water partition coefficient (Wildman–Crippen LogP) is 1.52. The van der Waals surface area contributed by atoms with Gasteiger partial charge in [-0.3, -0.25) is 0 Å². The van der Waals surface area contributed by atoms with Crippen LogP contribution in [0.1, 0.15) is 0 Å². The monoisotopic (exact) mass is 139 g/mol. The van der Waals surface area contributed by atoms with Crippen molar-refractivity contribution >= 4 is 23.2 Å². The summed E-state index contributed by atoms with van der Waals surface area (Å²) in [6, 6.07) is 0. The molecule has 0 saturated heterocycles. The van der Waals surface area contributed by atoms with Crippen LogP contribution in [0, 0.1) is 0 Å². The number of halogens is 2. The normalized spacial score (nSPS) is 12.1. The molecule has 3 heteroatoms. The minimum Gasteiger partial charge on any atom is -0.315 e. The van der Waals surface area contributed by atoms with Crippen LogP contribution in [0.3, 0.4) is 0 Å². The van der Waals surface area contributed by atoms with Gasteiger partial charge in [-0.15, -0.1) is 0 Å². The molecule has 0 rings (SSSR count). The van der Waals surface area contributed by atoms with Gasteiger partial charge in [0, 0.05) is 17.1 Å². The van der Waals surface area contributed by atoms with Gasteiger partial charge in [0.05, 0.1) is 0 Å². The molecule has 0 fully saturated rings. The summed E-state index contributed by atoms with van der Waals surface area (Å²) in [5.41, 5.74) is 1.35. The van der Waals surface area contributed by atoms with Crippen molar-refractivity contribution in [3.05, 3.63) is 10.6 Å². The van der Waals surface area contributed by atoms with E-state index in [4.69, 9.17) is 23.2 Å². The van der Waals surface area contributed by atoms with Crippen LogP contribution in [0.2, 0.25) is 0 Å². The molecule has 0 heterocycles. The van der Waals surface area contributed by atoms with Gasteiger partial charge in [-0.1, -0.05) is 23.2 Å². The Morgan fingerprint density at radius 2 is 2.43 bits per heavy atom. The van der Waals surface area contributed by atoms with Crippen LogP contribution >= 0.6 is 23.2 Å². The highest BCUT2D eigenvalue weighted by Gasteiger charge is 1.82. The molecule has 0 aromatic rings. The fraction of sp³-hybridized carbons (Fsp3) is 0.500. The Hall–Kier alpha value is 0.280. The van der Waals surface area contributed by atoms with Crippen molar-refractivity contribution in [2.45, 2.75) is 0 Å². The molecule has 1 nitrogen and oxygen atoms in total. The molecule has 0 aliphatic carbocycles. The van der Waals surface area contributed by atoms with Crippen molar-refractivity contribution in [2.75, 3.05) is 13.6 Å². The summed E-state index contributed by atoms with van der Waals surface area (Å²) in [7, 11) is 1.81. The van der Waals surface area contributed by atoms with Gasteiger partial charge in [0.25, 0.3) is 0 Å². The first-order chi connectivity index (χ1) is 3.31. The lowest BCUT2D eigenvalue weighted by molar-refractivity contribution is 0.910. The molecule has 0 aromatic carbocycles. The van der Waals surface area contributed by atoms with Crippen LogP contribution in [-0.2, 0) is 0 Å². The molecule has 0 saturated carbocycles. The van der Waals surface area contributed by atoms with Gasteiger partial charge in [-0.25, -0.2) is 0 Å². The maximum atomic E-state index is 5.43. The van der Waals surface area contributed by atoms with Crippen LogP contribution in [0.15, 0.2) is 10.6 Å². The molecule has 0 bridgehead atoms. The third-order valence-corrected chi connectivity index (χ3v) is 1.08. The van der Waals surface area contributed by atoms with Crippen LogP contribution in [0.5, 0.6) is 0 Å². The SMILES string of the molecule is CNC/C(Cl)=C/Cl. The van der Waals surface area contributed by atoms with E-state index in [9.17, 15) is 0 Å². The number of likely N-dealkylation sites (N-methyl/N-ethyl adjacent to an activating group) is 1. The van der Waals surface area contributed by atoms with E-state index in [1.165, 1.54) is 5.54 Å². The van der Waals surface area contributed by atoms with Crippen LogP contribution in [0.25, 0.3) is 0 Å². The van der Waals surface area contributed by atoms with E-state index in [0.717, 1.165) is 0 Å². The van der Waals surface area contributed by atoms with E-state index in [2.05, 4.69) is 5.32 Å². The van der Waals surface area contributed by atoms with E-state index < -0.39 is 0 Å². The number of hydrogen-bond donors (Lipinski definition) is 1. The van der Waals surface area contributed by atoms with Crippen LogP contribution < -0.4 is 5.32 Å². The van der Waals surface area contributed by atoms with Crippen molar-refractivity contribution < 1.29 is 0 Å². The lowest BCUT2D eigenvalue weighted by atomic mass is 10.6. The van der Waals surface area contributed by atoms with Gasteiger partial charge >= 0.3 is 0 Å². The lowest BCUT2D eigenvalue weighted by Gasteiger charge is -1.90. The summed E-state index contributed by atoms with van der Waals surface area (Å²) in [6.07, 6.45) is 0. The van der Waals surface area contributed by atoms with Crippen molar-refractivity contribution in [1.82, 2.24) is 5.32 Å². The highest BCUT2D eigenvalue weighted by Crippen LogP contribution is 1.98. The first-order valence-corrected chi connectivity index (χ1v) is 2.72. The molecule has 0 amide bonds. The topological polar surface area (TPSA) is 12.0 Å². The molecule has 0 aliphatic rings. The second-order valence-corrected chi connectivity index (χ2v) is 1.79. The summed E-state index contributed by atoms with van der Waals surface area (Å²) < 4.78 is 0. The molecule has 0 spiro atoms. The van der Waals surface area contributed by atoms with Gasteiger partial charge < -0.3 is 5.32 Å². The number of nitrogens with one attached hydrogen (secondary N) is 1. The lowest BCUT2D eigenvalue weighted by Crippen LogP contribution is -2.06. The van der Waals surface area contributed by atoms with Gasteiger partial charge in [0.1, 0.15) is 0 Å². The average Bonchev–Trinajstić information content (AvgIpc) is 1.68. The standard InChI is InChI=1S/C4H7Cl2N/c1-7-3-4(6)2-5/h2,7H,3H2,1H3/b4-2-. The Morgan fingerprint density at radius 3 is 2.57 bits per heavy atom. The Kier molecular flexibility index (Phi) is 4.62. The summed E-state index contributed by atoms with van der Waals surface area (Å²) in [5.74, 6) is 0. The smallest absolute Gasteiger partial charge is 0.0431 e. The highest BCUT2D eigenvalue weighted by atomic mass is 35.5. The fourth-order valence-corrected chi connectivity index (χ4v) is 0.418. The summed E-state index contributed by atoms with van der Waals surface area (Å²) in [6.45, 7) is 0.644. The van der Waals surface area contributed by atoms with E-state index in [-0.39, 0.29) is 0 Å². The molecular weight excluding hydrogens is 133 g/mol. The molecule has 0 unspecified atom stereocenters. The fourth-order valence-electron chi connectivity index (χ4n) is 0.207. The Bertz CT molecular complexity index is 70.1. The molecule has 0 radical (unpaired) electrons. The zero-order chi connectivity index (χ0) is 5.70. The molecule has 0 aliphatic heterocycles. The van der Waals surface area contributed by atoms with Crippen molar-refractivity contribution in [1.29, 1.82) is 0 Å². The Labute approximate surface area is 53.3 Å². The van der Waals surface area contributed by atoms with Crippen LogP contribution in [0.4, 0.5) is 0 Å². The number of rotatable bonds is 2. The summed E-state index contributed by atoms with van der Waals surface area (Å²) >= 11 is 10.6. The van der Waals surface area contributed by atoms with Gasteiger partial charge in [0.2, 0.25) is 0 Å². The van der Waals surface area contributed by atoms with Crippen LogP contribution in [-0.4, -0.2) is 13.6 Å². The zero-order valence-electron chi connectivity index (χ0n) is 4.04. The number of hydrogen-bond acceptors (Lipinski definition) is 1. The van der Waals surface area contributed by atoms with E-state index in [1.807, 2.05) is 7.05 Å². The first-order valence-electron chi connectivity index (χ1n) is 1.90. The van der Waals surface area contributed by atoms with Crippen molar-refractivity contribution in [3.63, 3.8) is 0 Å². The summed E-state index contributed by atoms with van der Waals surface area (Å²) in [4.78, 5) is 0. The van der Waals surface area contributed by atoms with Crippen molar-refractivity contribution in [3.8, 4) is 0 Å². The molecule has 7 heavy (non-hydrogen) atoms. The maximum absolute atomic E-state index is 5.43. The zero-order valence-corrected chi connectivity index (χ0v) is 5.55.